The van der Waals surface area contributed by atoms with Crippen molar-refractivity contribution in [3.63, 3.8) is 0 Å². The molecule has 9 heteroatoms. The summed E-state index contributed by atoms with van der Waals surface area (Å²) in [6.45, 7) is 4.58. The Labute approximate surface area is 200 Å². The van der Waals surface area contributed by atoms with Crippen LogP contribution in [0.5, 0.6) is 0 Å². The maximum atomic E-state index is 13.3. The third kappa shape index (κ3) is 5.75. The van der Waals surface area contributed by atoms with Crippen LogP contribution in [0.25, 0.3) is 0 Å². The molecule has 5 atom stereocenters. The second-order valence-electron chi connectivity index (χ2n) is 9.39. The molecule has 186 valence electrons. The van der Waals surface area contributed by atoms with Crippen LogP contribution in [0.15, 0.2) is 30.3 Å². The molecule has 0 aromatic heterocycles. The number of carbonyl (C=O) groups is 4. The van der Waals surface area contributed by atoms with Gasteiger partial charge in [0, 0.05) is 13.1 Å². The Morgan fingerprint density at radius 2 is 1.62 bits per heavy atom. The van der Waals surface area contributed by atoms with Gasteiger partial charge in [-0.2, -0.15) is 0 Å². The summed E-state index contributed by atoms with van der Waals surface area (Å²) >= 11 is 0. The van der Waals surface area contributed by atoms with Crippen molar-refractivity contribution in [1.29, 1.82) is 0 Å². The van der Waals surface area contributed by atoms with Crippen LogP contribution in [0.2, 0.25) is 0 Å². The van der Waals surface area contributed by atoms with Crippen molar-refractivity contribution in [3.05, 3.63) is 35.9 Å². The van der Waals surface area contributed by atoms with E-state index in [4.69, 9.17) is 5.73 Å². The van der Waals surface area contributed by atoms with Crippen molar-refractivity contribution >= 4 is 23.7 Å². The molecule has 0 aliphatic carbocycles. The third-order valence-electron chi connectivity index (χ3n) is 7.05. The van der Waals surface area contributed by atoms with E-state index >= 15 is 0 Å². The predicted molar refractivity (Wildman–Crippen MR) is 127 cm³/mol. The topological polar surface area (TPSA) is 133 Å². The molecule has 2 heterocycles. The maximum Gasteiger partial charge on any atom is 0.326 e. The zero-order chi connectivity index (χ0) is 24.8. The quantitative estimate of drug-likeness (QED) is 0.494. The van der Waals surface area contributed by atoms with Crippen LogP contribution in [0.3, 0.4) is 0 Å². The number of likely N-dealkylation sites (tertiary alicyclic amines) is 2. The molecule has 4 N–H and O–H groups in total. The summed E-state index contributed by atoms with van der Waals surface area (Å²) < 4.78 is 0. The van der Waals surface area contributed by atoms with Crippen molar-refractivity contribution in [1.82, 2.24) is 15.1 Å². The Morgan fingerprint density at radius 1 is 1.03 bits per heavy atom. The average Bonchev–Trinajstić information content (AvgIpc) is 3.52. The molecule has 2 saturated heterocycles. The summed E-state index contributed by atoms with van der Waals surface area (Å²) in [5.41, 5.74) is 7.15. The predicted octanol–water partition coefficient (Wildman–Crippen LogP) is 1.15. The maximum absolute atomic E-state index is 13.3. The van der Waals surface area contributed by atoms with Gasteiger partial charge in [0.1, 0.15) is 18.1 Å². The molecule has 0 radical (unpaired) electrons. The minimum Gasteiger partial charge on any atom is -0.480 e. The van der Waals surface area contributed by atoms with Gasteiger partial charge >= 0.3 is 5.97 Å². The van der Waals surface area contributed by atoms with Crippen molar-refractivity contribution in [2.24, 2.45) is 11.7 Å². The van der Waals surface area contributed by atoms with E-state index in [1.807, 2.05) is 44.2 Å². The van der Waals surface area contributed by atoms with E-state index in [1.54, 1.807) is 0 Å². The van der Waals surface area contributed by atoms with Gasteiger partial charge in [0.05, 0.1) is 6.04 Å². The minimum atomic E-state index is -1.03. The van der Waals surface area contributed by atoms with E-state index in [1.165, 1.54) is 9.80 Å². The molecule has 1 aromatic rings. The summed E-state index contributed by atoms with van der Waals surface area (Å²) in [5.74, 6) is -2.25. The smallest absolute Gasteiger partial charge is 0.326 e. The van der Waals surface area contributed by atoms with Gasteiger partial charge in [0.2, 0.25) is 17.7 Å². The molecule has 2 fully saturated rings. The van der Waals surface area contributed by atoms with E-state index in [2.05, 4.69) is 5.32 Å². The van der Waals surface area contributed by atoms with Crippen molar-refractivity contribution in [2.75, 3.05) is 13.1 Å². The van der Waals surface area contributed by atoms with Crippen LogP contribution < -0.4 is 11.1 Å². The number of nitrogens with zero attached hydrogens (tertiary/aromatic N) is 2. The number of carboxylic acid groups (broad SMARTS) is 1. The standard InChI is InChI=1S/C25H36N4O5/c1-3-16(2)21(24(32)29-14-8-12-20(29)25(33)34)27-22(30)19-11-7-13-28(19)23(31)18(26)15-17-9-5-4-6-10-17/h4-6,9-10,16,18-21H,3,7-8,11-15,26H2,1-2H3,(H,27,30)(H,33,34). The Morgan fingerprint density at radius 3 is 2.21 bits per heavy atom. The third-order valence-corrected chi connectivity index (χ3v) is 7.05. The first kappa shape index (κ1) is 25.7. The van der Waals surface area contributed by atoms with Gasteiger partial charge in [-0.25, -0.2) is 4.79 Å². The number of nitrogens with two attached hydrogens (primary N) is 1. The van der Waals surface area contributed by atoms with Gasteiger partial charge in [0.25, 0.3) is 0 Å². The Kier molecular flexibility index (Phi) is 8.66. The molecular formula is C25H36N4O5. The number of rotatable bonds is 9. The number of benzene rings is 1. The van der Waals surface area contributed by atoms with E-state index in [0.29, 0.717) is 51.6 Å². The monoisotopic (exact) mass is 472 g/mol. The molecule has 0 bridgehead atoms. The first-order chi connectivity index (χ1) is 16.2. The number of carbonyl (C=O) groups excluding carboxylic acids is 3. The fraction of sp³-hybridized carbons (Fsp3) is 0.600. The van der Waals surface area contributed by atoms with Crippen LogP contribution >= 0.6 is 0 Å². The Balaban J connectivity index is 1.69. The fourth-order valence-electron chi connectivity index (χ4n) is 4.87. The average molecular weight is 473 g/mol. The van der Waals surface area contributed by atoms with Crippen LogP contribution in [0, 0.1) is 5.92 Å². The zero-order valence-corrected chi connectivity index (χ0v) is 20.0. The molecule has 0 saturated carbocycles. The largest absolute Gasteiger partial charge is 0.480 e. The fourth-order valence-corrected chi connectivity index (χ4v) is 4.87. The van der Waals surface area contributed by atoms with Gasteiger partial charge in [-0.3, -0.25) is 14.4 Å². The van der Waals surface area contributed by atoms with E-state index in [-0.39, 0.29) is 23.6 Å². The van der Waals surface area contributed by atoms with Crippen LogP contribution in [0.4, 0.5) is 0 Å². The van der Waals surface area contributed by atoms with Crippen molar-refractivity contribution < 1.29 is 24.3 Å². The first-order valence-corrected chi connectivity index (χ1v) is 12.2. The molecule has 0 spiro atoms. The molecule has 3 rings (SSSR count). The summed E-state index contributed by atoms with van der Waals surface area (Å²) in [4.78, 5) is 54.1. The van der Waals surface area contributed by atoms with Gasteiger partial charge in [0.15, 0.2) is 0 Å². The van der Waals surface area contributed by atoms with Crippen LogP contribution in [0.1, 0.15) is 51.5 Å². The lowest BCUT2D eigenvalue weighted by molar-refractivity contribution is -0.150. The molecular weight excluding hydrogens is 436 g/mol. The van der Waals surface area contributed by atoms with Gasteiger partial charge in [-0.1, -0.05) is 50.6 Å². The van der Waals surface area contributed by atoms with E-state index in [0.717, 1.165) is 5.56 Å². The normalized spacial score (nSPS) is 22.8. The summed E-state index contributed by atoms with van der Waals surface area (Å²) in [5, 5.41) is 12.3. The minimum absolute atomic E-state index is 0.183. The molecule has 3 amide bonds. The van der Waals surface area contributed by atoms with Crippen LogP contribution in [-0.4, -0.2) is 75.9 Å². The highest BCUT2D eigenvalue weighted by atomic mass is 16.4. The summed E-state index contributed by atoms with van der Waals surface area (Å²) in [6, 6.07) is 6.34. The summed E-state index contributed by atoms with van der Waals surface area (Å²) in [6.07, 6.45) is 3.22. The molecule has 2 aliphatic rings. The lowest BCUT2D eigenvalue weighted by atomic mass is 9.96. The van der Waals surface area contributed by atoms with Crippen LogP contribution in [-0.2, 0) is 25.6 Å². The molecule has 9 nitrogen and oxygen atoms in total. The van der Waals surface area contributed by atoms with Crippen molar-refractivity contribution in [2.45, 2.75) is 76.5 Å². The number of hydrogen-bond acceptors (Lipinski definition) is 5. The first-order valence-electron chi connectivity index (χ1n) is 12.2. The second-order valence-corrected chi connectivity index (χ2v) is 9.39. The highest BCUT2D eigenvalue weighted by Gasteiger charge is 2.42. The highest BCUT2D eigenvalue weighted by Crippen LogP contribution is 2.23. The lowest BCUT2D eigenvalue weighted by Crippen LogP contribution is -2.58. The molecule has 34 heavy (non-hydrogen) atoms. The van der Waals surface area contributed by atoms with Gasteiger partial charge in [-0.15, -0.1) is 0 Å². The van der Waals surface area contributed by atoms with Gasteiger partial charge < -0.3 is 26.0 Å². The number of amides is 3. The van der Waals surface area contributed by atoms with E-state index in [9.17, 15) is 24.3 Å². The molecule has 2 aliphatic heterocycles. The van der Waals surface area contributed by atoms with Crippen molar-refractivity contribution in [3.8, 4) is 0 Å². The van der Waals surface area contributed by atoms with E-state index < -0.39 is 30.1 Å². The Bertz CT molecular complexity index is 893. The SMILES string of the molecule is CCC(C)C(NC(=O)C1CCCN1C(=O)C(N)Cc1ccccc1)C(=O)N1CCCC1C(=O)O. The molecule has 5 unspecified atom stereocenters. The highest BCUT2D eigenvalue weighted by molar-refractivity contribution is 5.94. The second kappa shape index (κ2) is 11.5. The zero-order valence-electron chi connectivity index (χ0n) is 20.0. The number of aliphatic carboxylic acids is 1. The lowest BCUT2D eigenvalue weighted by Gasteiger charge is -2.32. The molecule has 1 aromatic carbocycles. The number of nitrogens with one attached hydrogen (secondary N) is 1. The summed E-state index contributed by atoms with van der Waals surface area (Å²) in [7, 11) is 0. The number of carboxylic acids is 1. The van der Waals surface area contributed by atoms with Gasteiger partial charge in [-0.05, 0) is 43.6 Å². The Hall–Kier alpha value is -2.94. The number of hydrogen-bond donors (Lipinski definition) is 3.